The Morgan fingerprint density at radius 2 is 1.88 bits per heavy atom. The lowest BCUT2D eigenvalue weighted by atomic mass is 9.77. The van der Waals surface area contributed by atoms with Crippen molar-refractivity contribution in [1.29, 1.82) is 0 Å². The fraction of sp³-hybridized carbons (Fsp3) is 0.556. The molecule has 1 fully saturated rings. The number of ether oxygens (including phenoxy) is 1. The zero-order valence-electron chi connectivity index (χ0n) is 15.4. The molecule has 6 heteroatoms. The largest absolute Gasteiger partial charge is 0.494 e. The molecule has 1 heterocycles. The molecule has 0 spiro atoms. The summed E-state index contributed by atoms with van der Waals surface area (Å²) in [4.78, 5) is 0. The fourth-order valence-corrected chi connectivity index (χ4v) is 2.48. The number of halogens is 1. The van der Waals surface area contributed by atoms with E-state index in [1.807, 2.05) is 41.7 Å². The van der Waals surface area contributed by atoms with Gasteiger partial charge >= 0.3 is 7.12 Å². The highest BCUT2D eigenvalue weighted by atomic mass is 19.1. The van der Waals surface area contributed by atoms with Crippen molar-refractivity contribution < 1.29 is 18.4 Å². The molecule has 1 aliphatic rings. The first-order valence-corrected chi connectivity index (χ1v) is 8.33. The van der Waals surface area contributed by atoms with Gasteiger partial charge in [-0.3, -0.25) is 0 Å². The number of hydrogen-bond acceptors (Lipinski definition) is 4. The van der Waals surface area contributed by atoms with Crippen LogP contribution in [-0.2, 0) is 9.31 Å². The maximum atomic E-state index is 14.3. The predicted molar refractivity (Wildman–Crippen MR) is 95.6 cm³/mol. The maximum absolute atomic E-state index is 14.3. The Labute approximate surface area is 144 Å². The van der Waals surface area contributed by atoms with Gasteiger partial charge in [-0.1, -0.05) is 6.08 Å². The average molecular weight is 335 g/mol. The van der Waals surface area contributed by atoms with E-state index in [9.17, 15) is 4.39 Å². The summed E-state index contributed by atoms with van der Waals surface area (Å²) in [5.74, 6) is 0.198. The summed E-state index contributed by atoms with van der Waals surface area (Å²) in [6, 6.07) is 4.87. The average Bonchev–Trinajstić information content (AvgIpc) is 2.70. The first kappa shape index (κ1) is 19.0. The van der Waals surface area contributed by atoms with E-state index in [1.165, 1.54) is 6.07 Å². The minimum absolute atomic E-state index is 0.328. The normalized spacial score (nSPS) is 19.6. The van der Waals surface area contributed by atoms with Gasteiger partial charge in [0.05, 0.1) is 17.8 Å². The molecule has 0 bridgehead atoms. The van der Waals surface area contributed by atoms with E-state index in [-0.39, 0.29) is 5.82 Å². The Morgan fingerprint density at radius 1 is 1.25 bits per heavy atom. The first-order valence-electron chi connectivity index (χ1n) is 8.33. The third kappa shape index (κ3) is 3.99. The van der Waals surface area contributed by atoms with Crippen molar-refractivity contribution in [2.24, 2.45) is 0 Å². The summed E-state index contributed by atoms with van der Waals surface area (Å²) in [6.07, 6.45) is 1.78. The Kier molecular flexibility index (Phi) is 5.73. The molecule has 1 aromatic carbocycles. The monoisotopic (exact) mass is 335 g/mol. The van der Waals surface area contributed by atoms with Crippen LogP contribution in [0.25, 0.3) is 6.08 Å². The van der Waals surface area contributed by atoms with Gasteiger partial charge in [0.1, 0.15) is 11.6 Å². The molecule has 1 aromatic rings. The van der Waals surface area contributed by atoms with Crippen LogP contribution in [0.15, 0.2) is 23.7 Å². The highest BCUT2D eigenvalue weighted by molar-refractivity contribution is 6.55. The molecule has 0 atom stereocenters. The Bertz CT molecular complexity index is 600. The molecule has 1 saturated heterocycles. The molecule has 1 N–H and O–H groups in total. The number of hydrogen-bond donors (Lipinski definition) is 1. The molecule has 0 radical (unpaired) electrons. The van der Waals surface area contributed by atoms with Crippen LogP contribution < -0.4 is 10.1 Å². The van der Waals surface area contributed by atoms with Gasteiger partial charge in [0.15, 0.2) is 0 Å². The maximum Gasteiger partial charge on any atom is 0.491 e. The van der Waals surface area contributed by atoms with E-state index in [0.29, 0.717) is 24.5 Å². The molecule has 132 valence electrons. The number of benzene rings is 1. The van der Waals surface area contributed by atoms with Gasteiger partial charge in [-0.2, -0.15) is 0 Å². The van der Waals surface area contributed by atoms with Crippen LogP contribution in [0.3, 0.4) is 0 Å². The zero-order chi connectivity index (χ0) is 18.0. The second kappa shape index (κ2) is 7.25. The molecule has 24 heavy (non-hydrogen) atoms. The van der Waals surface area contributed by atoms with Crippen LogP contribution in [0.5, 0.6) is 5.75 Å². The molecule has 2 rings (SSSR count). The standard InChI is InChI=1S/C18H27BFNO3/c1-7-22-15-9-8-13(16(20)11-15)10-14(12-21-6)19-23-17(2,3)18(4,5)24-19/h8-11,21H,7,12H2,1-6H3. The third-order valence-electron chi connectivity index (χ3n) is 4.56. The number of nitrogens with one attached hydrogen (secondary N) is 1. The highest BCUT2D eigenvalue weighted by Gasteiger charge is 2.52. The van der Waals surface area contributed by atoms with E-state index in [2.05, 4.69) is 5.32 Å². The van der Waals surface area contributed by atoms with Crippen molar-refractivity contribution >= 4 is 13.2 Å². The second-order valence-electron chi connectivity index (χ2n) is 6.95. The molecule has 1 aliphatic heterocycles. The van der Waals surface area contributed by atoms with Crippen LogP contribution >= 0.6 is 0 Å². The Balaban J connectivity index is 2.30. The van der Waals surface area contributed by atoms with Gasteiger partial charge in [0, 0.05) is 18.2 Å². The molecular weight excluding hydrogens is 308 g/mol. The minimum Gasteiger partial charge on any atom is -0.494 e. The molecule has 0 unspecified atom stereocenters. The van der Waals surface area contributed by atoms with Crippen molar-refractivity contribution in [2.75, 3.05) is 20.2 Å². The lowest BCUT2D eigenvalue weighted by Gasteiger charge is -2.32. The topological polar surface area (TPSA) is 39.7 Å². The van der Waals surface area contributed by atoms with Crippen LogP contribution in [0, 0.1) is 5.82 Å². The van der Waals surface area contributed by atoms with Gasteiger partial charge < -0.3 is 19.4 Å². The van der Waals surface area contributed by atoms with Crippen LogP contribution in [0.4, 0.5) is 4.39 Å². The highest BCUT2D eigenvalue weighted by Crippen LogP contribution is 2.38. The van der Waals surface area contributed by atoms with Gasteiger partial charge in [0.25, 0.3) is 0 Å². The summed E-state index contributed by atoms with van der Waals surface area (Å²) >= 11 is 0. The predicted octanol–water partition coefficient (Wildman–Crippen LogP) is 3.46. The number of likely N-dealkylation sites (N-methyl/N-ethyl adjacent to an activating group) is 1. The van der Waals surface area contributed by atoms with Crippen LogP contribution in [0.2, 0.25) is 0 Å². The van der Waals surface area contributed by atoms with E-state index in [1.54, 1.807) is 18.2 Å². The van der Waals surface area contributed by atoms with Gasteiger partial charge in [-0.05, 0) is 59.3 Å². The van der Waals surface area contributed by atoms with Crippen molar-refractivity contribution in [2.45, 2.75) is 45.8 Å². The molecule has 4 nitrogen and oxygen atoms in total. The van der Waals surface area contributed by atoms with Crippen LogP contribution in [0.1, 0.15) is 40.2 Å². The summed E-state index contributed by atoms with van der Waals surface area (Å²) in [7, 11) is 1.33. The van der Waals surface area contributed by atoms with Gasteiger partial charge in [-0.25, -0.2) is 4.39 Å². The summed E-state index contributed by atoms with van der Waals surface area (Å²) < 4.78 is 31.8. The second-order valence-corrected chi connectivity index (χ2v) is 6.95. The summed E-state index contributed by atoms with van der Waals surface area (Å²) in [6.45, 7) is 10.9. The summed E-state index contributed by atoms with van der Waals surface area (Å²) in [5.41, 5.74) is 0.474. The molecule has 0 amide bonds. The van der Waals surface area contributed by atoms with E-state index >= 15 is 0 Å². The smallest absolute Gasteiger partial charge is 0.491 e. The van der Waals surface area contributed by atoms with Gasteiger partial charge in [-0.15, -0.1) is 0 Å². The van der Waals surface area contributed by atoms with Gasteiger partial charge in [0.2, 0.25) is 0 Å². The quantitative estimate of drug-likeness (QED) is 0.809. The molecule has 0 aliphatic carbocycles. The van der Waals surface area contributed by atoms with E-state index in [4.69, 9.17) is 14.0 Å². The van der Waals surface area contributed by atoms with Crippen molar-refractivity contribution in [3.8, 4) is 5.75 Å². The van der Waals surface area contributed by atoms with Crippen molar-refractivity contribution in [3.05, 3.63) is 35.1 Å². The lowest BCUT2D eigenvalue weighted by Crippen LogP contribution is -2.41. The lowest BCUT2D eigenvalue weighted by molar-refractivity contribution is 0.00578. The van der Waals surface area contributed by atoms with E-state index in [0.717, 1.165) is 5.47 Å². The third-order valence-corrected chi connectivity index (χ3v) is 4.56. The molecular formula is C18H27BFNO3. The first-order chi connectivity index (χ1) is 11.2. The van der Waals surface area contributed by atoms with Crippen molar-refractivity contribution in [3.63, 3.8) is 0 Å². The molecule has 0 saturated carbocycles. The fourth-order valence-electron chi connectivity index (χ4n) is 2.48. The zero-order valence-corrected chi connectivity index (χ0v) is 15.4. The Morgan fingerprint density at radius 3 is 2.38 bits per heavy atom. The van der Waals surface area contributed by atoms with Crippen LogP contribution in [-0.4, -0.2) is 38.5 Å². The molecule has 0 aromatic heterocycles. The Hall–Kier alpha value is -1.37. The SMILES string of the molecule is CCOc1ccc(C=C(CNC)B2OC(C)(C)C(C)(C)O2)c(F)c1. The van der Waals surface area contributed by atoms with E-state index < -0.39 is 18.3 Å². The van der Waals surface area contributed by atoms with Crippen molar-refractivity contribution in [1.82, 2.24) is 5.32 Å². The summed E-state index contributed by atoms with van der Waals surface area (Å²) in [5, 5.41) is 3.10. The number of rotatable bonds is 6. The minimum atomic E-state index is -0.506.